The molecule has 2 aromatic rings. The third-order valence-corrected chi connectivity index (χ3v) is 6.30. The molecule has 2 saturated heterocycles. The molecule has 2 aliphatic rings. The van der Waals surface area contributed by atoms with Gasteiger partial charge in [-0.15, -0.1) is 10.2 Å². The van der Waals surface area contributed by atoms with E-state index in [1.807, 2.05) is 12.6 Å². The monoisotopic (exact) mass is 343 g/mol. The molecule has 2 aliphatic heterocycles. The van der Waals surface area contributed by atoms with Gasteiger partial charge in [0.2, 0.25) is 0 Å². The number of aromatic nitrogens is 3. The van der Waals surface area contributed by atoms with Crippen molar-refractivity contribution in [1.82, 2.24) is 24.6 Å². The predicted octanol–water partition coefficient (Wildman–Crippen LogP) is 2.50. The van der Waals surface area contributed by atoms with Gasteiger partial charge in [-0.05, 0) is 51.3 Å². The Balaban J connectivity index is 1.51. The largest absolute Gasteiger partial charge is 0.472 e. The summed E-state index contributed by atoms with van der Waals surface area (Å²) in [5.41, 5.74) is 1.61. The fraction of sp³-hybridized carbons (Fsp3) is 0.684. The molecule has 4 heterocycles. The van der Waals surface area contributed by atoms with E-state index in [0.29, 0.717) is 17.4 Å². The molecule has 0 radical (unpaired) electrons. The second-order valence-corrected chi connectivity index (χ2v) is 8.15. The van der Waals surface area contributed by atoms with Crippen molar-refractivity contribution in [3.63, 3.8) is 0 Å². The van der Waals surface area contributed by atoms with E-state index in [-0.39, 0.29) is 0 Å². The lowest BCUT2D eigenvalue weighted by Gasteiger charge is -2.42. The molecule has 2 aromatic heterocycles. The van der Waals surface area contributed by atoms with Gasteiger partial charge in [0.1, 0.15) is 12.2 Å². The van der Waals surface area contributed by atoms with E-state index < -0.39 is 0 Å². The van der Waals surface area contributed by atoms with E-state index in [9.17, 15) is 0 Å². The summed E-state index contributed by atoms with van der Waals surface area (Å²) in [5.74, 6) is 1.64. The number of hydrogen-bond acceptors (Lipinski definition) is 5. The first-order valence-electron chi connectivity index (χ1n) is 9.39. The van der Waals surface area contributed by atoms with Gasteiger partial charge in [0.15, 0.2) is 0 Å². The van der Waals surface area contributed by atoms with Gasteiger partial charge in [0.05, 0.1) is 12.5 Å². The summed E-state index contributed by atoms with van der Waals surface area (Å²) in [7, 11) is 2.08. The molecular formula is C19H29N5O. The predicted molar refractivity (Wildman–Crippen MR) is 96.1 cm³/mol. The quantitative estimate of drug-likeness (QED) is 0.854. The Hall–Kier alpha value is -1.66. The number of furan rings is 1. The molecule has 4 rings (SSSR count). The Bertz CT molecular complexity index is 684. The van der Waals surface area contributed by atoms with E-state index in [1.54, 1.807) is 6.26 Å². The molecule has 6 nitrogen and oxygen atoms in total. The minimum atomic E-state index is 0.331. The summed E-state index contributed by atoms with van der Waals surface area (Å²) >= 11 is 0. The highest BCUT2D eigenvalue weighted by atomic mass is 16.3. The number of likely N-dealkylation sites (tertiary alicyclic amines) is 2. The maximum absolute atomic E-state index is 5.22. The van der Waals surface area contributed by atoms with Crippen LogP contribution in [-0.2, 0) is 13.6 Å². The maximum atomic E-state index is 5.22. The van der Waals surface area contributed by atoms with E-state index in [2.05, 4.69) is 51.5 Å². The molecule has 0 aliphatic carbocycles. The second kappa shape index (κ2) is 6.57. The summed E-state index contributed by atoms with van der Waals surface area (Å²) in [6.45, 7) is 10.2. The molecule has 0 N–H and O–H groups in total. The summed E-state index contributed by atoms with van der Waals surface area (Å²) < 4.78 is 7.34. The van der Waals surface area contributed by atoms with Crippen LogP contribution in [0, 0.1) is 5.41 Å². The van der Waals surface area contributed by atoms with Crippen molar-refractivity contribution in [2.75, 3.05) is 26.2 Å². The van der Waals surface area contributed by atoms with E-state index >= 15 is 0 Å². The molecule has 2 fully saturated rings. The van der Waals surface area contributed by atoms with Crippen LogP contribution in [0.15, 0.2) is 29.3 Å². The fourth-order valence-electron chi connectivity index (χ4n) is 4.67. The van der Waals surface area contributed by atoms with Gasteiger partial charge < -0.3 is 8.98 Å². The molecular weight excluding hydrogens is 314 g/mol. The lowest BCUT2D eigenvalue weighted by Crippen LogP contribution is -2.44. The first kappa shape index (κ1) is 16.8. The molecule has 1 atom stereocenters. The SMILES string of the molecule is CC(C)N1CC(c2nncn2C)C2(CCN(Cc3ccoc3)CC2)C1. The number of rotatable bonds is 4. The second-order valence-electron chi connectivity index (χ2n) is 8.15. The van der Waals surface area contributed by atoms with E-state index in [0.717, 1.165) is 32.0 Å². The highest BCUT2D eigenvalue weighted by Crippen LogP contribution is 2.49. The zero-order chi connectivity index (χ0) is 17.4. The van der Waals surface area contributed by atoms with Crippen LogP contribution in [0.1, 0.15) is 44.0 Å². The van der Waals surface area contributed by atoms with Gasteiger partial charge in [0.25, 0.3) is 0 Å². The van der Waals surface area contributed by atoms with Crippen molar-refractivity contribution < 1.29 is 4.42 Å². The molecule has 0 saturated carbocycles. The van der Waals surface area contributed by atoms with Crippen LogP contribution in [0.3, 0.4) is 0 Å². The summed E-state index contributed by atoms with van der Waals surface area (Å²) in [6, 6.07) is 2.65. The Morgan fingerprint density at radius 1 is 1.32 bits per heavy atom. The van der Waals surface area contributed by atoms with Crippen LogP contribution in [0.5, 0.6) is 0 Å². The Kier molecular flexibility index (Phi) is 4.41. The maximum Gasteiger partial charge on any atom is 0.137 e. The Labute approximate surface area is 149 Å². The zero-order valence-electron chi connectivity index (χ0n) is 15.6. The average Bonchev–Trinajstić information content (AvgIpc) is 3.31. The van der Waals surface area contributed by atoms with Crippen molar-refractivity contribution in [1.29, 1.82) is 0 Å². The molecule has 0 bridgehead atoms. The smallest absolute Gasteiger partial charge is 0.137 e. The van der Waals surface area contributed by atoms with Gasteiger partial charge in [-0.1, -0.05) is 0 Å². The van der Waals surface area contributed by atoms with Crippen molar-refractivity contribution in [2.24, 2.45) is 12.5 Å². The van der Waals surface area contributed by atoms with E-state index in [4.69, 9.17) is 4.42 Å². The highest BCUT2D eigenvalue weighted by molar-refractivity contribution is 5.14. The third-order valence-electron chi connectivity index (χ3n) is 6.30. The Morgan fingerprint density at radius 2 is 2.12 bits per heavy atom. The first-order chi connectivity index (χ1) is 12.1. The first-order valence-corrected chi connectivity index (χ1v) is 9.39. The minimum absolute atomic E-state index is 0.331. The summed E-state index contributed by atoms with van der Waals surface area (Å²) in [6.07, 6.45) is 7.93. The summed E-state index contributed by atoms with van der Waals surface area (Å²) in [5, 5.41) is 8.63. The van der Waals surface area contributed by atoms with Crippen molar-refractivity contribution in [3.8, 4) is 0 Å². The van der Waals surface area contributed by atoms with Crippen molar-refractivity contribution in [3.05, 3.63) is 36.3 Å². The molecule has 0 amide bonds. The lowest BCUT2D eigenvalue weighted by atomic mass is 9.70. The molecule has 0 aromatic carbocycles. The van der Waals surface area contributed by atoms with Gasteiger partial charge in [-0.25, -0.2) is 0 Å². The Morgan fingerprint density at radius 3 is 2.72 bits per heavy atom. The summed E-state index contributed by atoms with van der Waals surface area (Å²) in [4.78, 5) is 5.19. The molecule has 1 unspecified atom stereocenters. The van der Waals surface area contributed by atoms with Gasteiger partial charge in [-0.3, -0.25) is 9.80 Å². The van der Waals surface area contributed by atoms with Crippen LogP contribution >= 0.6 is 0 Å². The number of aryl methyl sites for hydroxylation is 1. The van der Waals surface area contributed by atoms with Crippen molar-refractivity contribution in [2.45, 2.75) is 45.2 Å². The van der Waals surface area contributed by atoms with Gasteiger partial charge in [-0.2, -0.15) is 0 Å². The number of hydrogen-bond donors (Lipinski definition) is 0. The molecule has 25 heavy (non-hydrogen) atoms. The standard InChI is InChI=1S/C19H29N5O/c1-15(2)24-11-17(18-21-20-14-22(18)3)19(13-24)5-7-23(8-6-19)10-16-4-9-25-12-16/h4,9,12,14-15,17H,5-8,10-11,13H2,1-3H3. The van der Waals surface area contributed by atoms with Crippen molar-refractivity contribution >= 4 is 0 Å². The highest BCUT2D eigenvalue weighted by Gasteiger charge is 2.50. The van der Waals surface area contributed by atoms with E-state index in [1.165, 1.54) is 24.9 Å². The third kappa shape index (κ3) is 3.13. The zero-order valence-corrected chi connectivity index (χ0v) is 15.6. The van der Waals surface area contributed by atoms with Crippen LogP contribution < -0.4 is 0 Å². The topological polar surface area (TPSA) is 50.3 Å². The number of nitrogens with zero attached hydrogens (tertiary/aromatic N) is 5. The van der Waals surface area contributed by atoms with Crippen LogP contribution in [-0.4, -0.2) is 56.8 Å². The van der Waals surface area contributed by atoms with Crippen LogP contribution in [0.4, 0.5) is 0 Å². The molecule has 1 spiro atoms. The number of piperidine rings is 1. The molecule has 6 heteroatoms. The minimum Gasteiger partial charge on any atom is -0.472 e. The van der Waals surface area contributed by atoms with Gasteiger partial charge >= 0.3 is 0 Å². The van der Waals surface area contributed by atoms with Gasteiger partial charge in [0, 0.05) is 44.2 Å². The van der Waals surface area contributed by atoms with Crippen LogP contribution in [0.25, 0.3) is 0 Å². The molecule has 136 valence electrons. The fourth-order valence-corrected chi connectivity index (χ4v) is 4.67. The normalized spacial score (nSPS) is 24.6. The van der Waals surface area contributed by atoms with Crippen LogP contribution in [0.2, 0.25) is 0 Å². The average molecular weight is 343 g/mol. The lowest BCUT2D eigenvalue weighted by molar-refractivity contribution is 0.0864.